The van der Waals surface area contributed by atoms with E-state index in [0.717, 1.165) is 12.8 Å². The summed E-state index contributed by atoms with van der Waals surface area (Å²) in [5.41, 5.74) is 0. The number of rotatable bonds is 4. The predicted molar refractivity (Wildman–Crippen MR) is 96.2 cm³/mol. The van der Waals surface area contributed by atoms with Gasteiger partial charge in [-0.05, 0) is 61.2 Å². The van der Waals surface area contributed by atoms with E-state index < -0.39 is 0 Å². The molecule has 1 heteroatoms. The Kier molecular flexibility index (Phi) is 13.0. The maximum Gasteiger partial charge on any atom is 0.0579 e. The molecule has 0 aromatic rings. The molecule has 0 aliphatic rings. The van der Waals surface area contributed by atoms with Crippen LogP contribution in [-0.4, -0.2) is 11.9 Å². The average Bonchev–Trinajstić information content (AvgIpc) is 2.51. The molecule has 1 nitrogen and oxygen atoms in total. The second-order valence-electron chi connectivity index (χ2n) is 4.63. The van der Waals surface area contributed by atoms with Crippen molar-refractivity contribution in [3.05, 3.63) is 6.54 Å². The fourth-order valence-electron chi connectivity index (χ4n) is 1.14. The van der Waals surface area contributed by atoms with Crippen LogP contribution >= 0.6 is 0 Å². The Morgan fingerprint density at radius 1 is 0.739 bits per heavy atom. The minimum absolute atomic E-state index is 0.700. The fourth-order valence-corrected chi connectivity index (χ4v) is 1.14. The molecule has 0 heterocycles. The molecule has 0 amide bonds. The Labute approximate surface area is 141 Å². The number of nitrogens with zero attached hydrogens (tertiary/aromatic N) is 1. The van der Waals surface area contributed by atoms with E-state index in [2.05, 4.69) is 103 Å². The third-order valence-corrected chi connectivity index (χ3v) is 2.19. The number of hydrogen-bond donors (Lipinski definition) is 0. The summed E-state index contributed by atoms with van der Waals surface area (Å²) in [4.78, 5) is 1.82. The van der Waals surface area contributed by atoms with Crippen LogP contribution in [-0.2, 0) is 0 Å². The molecule has 0 bridgehead atoms. The number of hydrogen-bond acceptors (Lipinski definition) is 1. The van der Waals surface area contributed by atoms with Gasteiger partial charge in [0.15, 0.2) is 0 Å². The highest BCUT2D eigenvalue weighted by Crippen LogP contribution is 2.06. The Balaban J connectivity index is 4.19. The van der Waals surface area contributed by atoms with Crippen LogP contribution in [0.1, 0.15) is 33.6 Å². The minimum atomic E-state index is 0.700. The second-order valence-corrected chi connectivity index (χ2v) is 4.63. The van der Waals surface area contributed by atoms with Crippen LogP contribution in [0, 0.1) is 95.5 Å². The first kappa shape index (κ1) is 19.7. The van der Waals surface area contributed by atoms with Gasteiger partial charge in [0.1, 0.15) is 0 Å². The zero-order valence-electron chi connectivity index (χ0n) is 14.0. The molecule has 0 atom stereocenters. The van der Waals surface area contributed by atoms with Crippen molar-refractivity contribution in [3.8, 4) is 83.0 Å². The molecule has 0 rings (SSSR count). The zero-order valence-corrected chi connectivity index (χ0v) is 14.0. The van der Waals surface area contributed by atoms with Gasteiger partial charge in [-0.3, -0.25) is 0 Å². The molecule has 0 fully saturated rings. The van der Waals surface area contributed by atoms with E-state index >= 15 is 0 Å². The third kappa shape index (κ3) is 16.7. The monoisotopic (exact) mass is 296 g/mol. The van der Waals surface area contributed by atoms with Gasteiger partial charge in [0.05, 0.1) is 6.54 Å². The lowest BCUT2D eigenvalue weighted by molar-refractivity contribution is 0.498. The summed E-state index contributed by atoms with van der Waals surface area (Å²) in [6, 6.07) is 2.89. The van der Waals surface area contributed by atoms with Crippen LogP contribution in [0.15, 0.2) is 0 Å². The highest BCUT2D eigenvalue weighted by atomic mass is 15.1. The quantitative estimate of drug-likeness (QED) is 0.569. The van der Waals surface area contributed by atoms with Gasteiger partial charge in [0, 0.05) is 48.6 Å². The van der Waals surface area contributed by atoms with Crippen molar-refractivity contribution >= 4 is 0 Å². The van der Waals surface area contributed by atoms with Gasteiger partial charge in [-0.2, -0.15) is 0 Å². The lowest BCUT2D eigenvalue weighted by atomic mass is 10.1. The molecule has 0 N–H and O–H groups in total. The smallest absolute Gasteiger partial charge is 0.0579 e. The lowest BCUT2D eigenvalue weighted by Crippen LogP contribution is -2.07. The van der Waals surface area contributed by atoms with Gasteiger partial charge < -0.3 is 4.90 Å². The van der Waals surface area contributed by atoms with E-state index in [4.69, 9.17) is 0 Å². The average molecular weight is 296 g/mol. The summed E-state index contributed by atoms with van der Waals surface area (Å²) < 4.78 is 0. The second kappa shape index (κ2) is 15.1. The van der Waals surface area contributed by atoms with E-state index in [-0.39, 0.29) is 0 Å². The highest BCUT2D eigenvalue weighted by Gasteiger charge is 1.95. The maximum atomic E-state index is 2.89. The fraction of sp³-hybridized carbons (Fsp3) is 0.318. The highest BCUT2D eigenvalue weighted by molar-refractivity contribution is 5.45. The van der Waals surface area contributed by atoms with E-state index in [1.807, 2.05) is 11.9 Å². The molecule has 0 aliphatic heterocycles. The molecular formula is C22H18N. The summed E-state index contributed by atoms with van der Waals surface area (Å²) in [5, 5.41) is 0. The molecule has 0 unspecified atom stereocenters. The molecule has 0 saturated carbocycles. The van der Waals surface area contributed by atoms with Crippen LogP contribution in [0.5, 0.6) is 0 Å². The van der Waals surface area contributed by atoms with Gasteiger partial charge >= 0.3 is 0 Å². The zero-order chi connectivity index (χ0) is 17.2. The summed E-state index contributed by atoms with van der Waals surface area (Å²) in [6.07, 6.45) is 2.17. The van der Waals surface area contributed by atoms with Crippen LogP contribution in [0.4, 0.5) is 0 Å². The molecule has 23 heavy (non-hydrogen) atoms. The van der Waals surface area contributed by atoms with Crippen LogP contribution < -0.4 is 0 Å². The SMILES string of the molecule is CC#CC#CC#CC#CC#CC#CC#CN(C)[CH]CCC(C)C. The normalized spacial score (nSPS) is 6.48. The van der Waals surface area contributed by atoms with Crippen molar-refractivity contribution in [1.82, 2.24) is 4.90 Å². The van der Waals surface area contributed by atoms with Crippen molar-refractivity contribution in [3.63, 3.8) is 0 Å². The predicted octanol–water partition coefficient (Wildman–Crippen LogP) is 2.52. The van der Waals surface area contributed by atoms with Crippen molar-refractivity contribution in [1.29, 1.82) is 0 Å². The molecule has 0 aliphatic carbocycles. The Morgan fingerprint density at radius 3 is 1.61 bits per heavy atom. The first-order valence-electron chi connectivity index (χ1n) is 7.15. The standard InChI is InChI=1S/C22H18N/c1-5-6-7-8-9-10-11-12-13-14-15-16-17-20-23(4)21-18-19-22(2)3/h21-22H,18-19H2,1-4H3. The molecule has 0 saturated heterocycles. The molecule has 1 radical (unpaired) electrons. The van der Waals surface area contributed by atoms with Crippen LogP contribution in [0.25, 0.3) is 0 Å². The molecule has 0 aromatic heterocycles. The van der Waals surface area contributed by atoms with Crippen molar-refractivity contribution < 1.29 is 0 Å². The van der Waals surface area contributed by atoms with Gasteiger partial charge in [0.2, 0.25) is 0 Å². The summed E-state index contributed by atoms with van der Waals surface area (Å²) >= 11 is 0. The molecule has 111 valence electrons. The van der Waals surface area contributed by atoms with Crippen molar-refractivity contribution in [2.45, 2.75) is 33.6 Å². The summed E-state index contributed by atoms with van der Waals surface area (Å²) in [7, 11) is 1.90. The summed E-state index contributed by atoms with van der Waals surface area (Å²) in [6.45, 7) is 8.17. The van der Waals surface area contributed by atoms with Crippen LogP contribution in [0.2, 0.25) is 0 Å². The van der Waals surface area contributed by atoms with Crippen molar-refractivity contribution in [2.24, 2.45) is 5.92 Å². The summed E-state index contributed by atoms with van der Waals surface area (Å²) in [5.74, 6) is 34.4. The molecule has 0 spiro atoms. The van der Waals surface area contributed by atoms with Gasteiger partial charge in [-0.25, -0.2) is 0 Å². The van der Waals surface area contributed by atoms with Crippen LogP contribution in [0.3, 0.4) is 0 Å². The Bertz CT molecular complexity index is 793. The van der Waals surface area contributed by atoms with E-state index in [0.29, 0.717) is 5.92 Å². The van der Waals surface area contributed by atoms with Gasteiger partial charge in [-0.15, -0.1) is 0 Å². The maximum absolute atomic E-state index is 2.89. The molecular weight excluding hydrogens is 278 g/mol. The third-order valence-electron chi connectivity index (χ3n) is 2.19. The first-order chi connectivity index (χ1) is 11.2. The Hall–Kier alpha value is -3.28. The van der Waals surface area contributed by atoms with E-state index in [1.54, 1.807) is 6.92 Å². The van der Waals surface area contributed by atoms with Gasteiger partial charge in [0.25, 0.3) is 0 Å². The first-order valence-corrected chi connectivity index (χ1v) is 7.15. The van der Waals surface area contributed by atoms with E-state index in [9.17, 15) is 0 Å². The lowest BCUT2D eigenvalue weighted by Gasteiger charge is -2.10. The van der Waals surface area contributed by atoms with Crippen molar-refractivity contribution in [2.75, 3.05) is 7.05 Å². The van der Waals surface area contributed by atoms with Gasteiger partial charge in [-0.1, -0.05) is 19.8 Å². The van der Waals surface area contributed by atoms with E-state index in [1.165, 1.54) is 0 Å². The largest absolute Gasteiger partial charge is 0.330 e. The molecule has 0 aromatic carbocycles. The topological polar surface area (TPSA) is 3.24 Å². The Morgan fingerprint density at radius 2 is 1.17 bits per heavy atom. The minimum Gasteiger partial charge on any atom is -0.330 e.